The number of aromatic nitrogens is 8. The summed E-state index contributed by atoms with van der Waals surface area (Å²) in [7, 11) is 3.26. The Morgan fingerprint density at radius 1 is 1.06 bits per heavy atom. The number of benzene rings is 2. The summed E-state index contributed by atoms with van der Waals surface area (Å²) in [6, 6.07) is 11.6. The van der Waals surface area contributed by atoms with Gasteiger partial charge in [-0.25, -0.2) is 29.0 Å². The minimum atomic E-state index is -0.638. The number of imidazole rings is 1. The first-order chi connectivity index (χ1) is 24.3. The van der Waals surface area contributed by atoms with E-state index in [0.717, 1.165) is 22.4 Å². The number of para-hydroxylation sites is 1. The highest BCUT2D eigenvalue weighted by Gasteiger charge is 2.42. The first kappa shape index (κ1) is 31.6. The second kappa shape index (κ2) is 12.6. The van der Waals surface area contributed by atoms with Gasteiger partial charge in [0.2, 0.25) is 5.91 Å². The summed E-state index contributed by atoms with van der Waals surface area (Å²) in [6.45, 7) is 5.55. The molecule has 50 heavy (non-hydrogen) atoms. The largest absolute Gasteiger partial charge is 0.494 e. The molecule has 6 heterocycles. The third-order valence-corrected chi connectivity index (χ3v) is 9.32. The van der Waals surface area contributed by atoms with Crippen molar-refractivity contribution in [2.45, 2.75) is 45.1 Å². The normalized spacial score (nSPS) is 19.5. The van der Waals surface area contributed by atoms with Crippen LogP contribution in [0.1, 0.15) is 19.2 Å². The predicted molar refractivity (Wildman–Crippen MR) is 182 cm³/mol. The summed E-state index contributed by atoms with van der Waals surface area (Å²) in [4.78, 5) is 41.4. The average molecular weight is 679 g/mol. The van der Waals surface area contributed by atoms with Gasteiger partial charge in [0.05, 0.1) is 54.6 Å². The molecule has 2 aliphatic heterocycles. The minimum absolute atomic E-state index is 0.113. The van der Waals surface area contributed by atoms with Gasteiger partial charge in [-0.05, 0) is 38.1 Å². The summed E-state index contributed by atoms with van der Waals surface area (Å²) >= 11 is 0. The highest BCUT2D eigenvalue weighted by Crippen LogP contribution is 2.35. The molecule has 15 heteroatoms. The Morgan fingerprint density at radius 3 is 2.78 bits per heavy atom. The fraction of sp³-hybridized carbons (Fsp3) is 0.343. The van der Waals surface area contributed by atoms with Crippen molar-refractivity contribution >= 4 is 33.8 Å². The van der Waals surface area contributed by atoms with Crippen molar-refractivity contribution in [1.82, 2.24) is 44.2 Å². The molecule has 1 amide bonds. The number of halogens is 1. The van der Waals surface area contributed by atoms with Gasteiger partial charge in [0.1, 0.15) is 47.4 Å². The zero-order chi connectivity index (χ0) is 34.5. The number of aryl methyl sites for hydroxylation is 1. The van der Waals surface area contributed by atoms with E-state index in [9.17, 15) is 9.18 Å². The van der Waals surface area contributed by atoms with Gasteiger partial charge in [-0.15, -0.1) is 0 Å². The van der Waals surface area contributed by atoms with Crippen LogP contribution in [0.3, 0.4) is 0 Å². The summed E-state index contributed by atoms with van der Waals surface area (Å²) in [5.74, 6) is 1.10. The molecule has 2 aromatic carbocycles. The topological polar surface area (TPSA) is 138 Å². The Morgan fingerprint density at radius 2 is 1.94 bits per heavy atom. The highest BCUT2D eigenvalue weighted by atomic mass is 19.1. The smallest absolute Gasteiger partial charge is 0.317 e. The van der Waals surface area contributed by atoms with Gasteiger partial charge in [-0.3, -0.25) is 4.79 Å². The Balaban J connectivity index is 1.22. The van der Waals surface area contributed by atoms with Crippen LogP contribution in [0, 0.1) is 12.7 Å². The fourth-order valence-corrected chi connectivity index (χ4v) is 7.10. The fourth-order valence-electron chi connectivity index (χ4n) is 7.10. The lowest BCUT2D eigenvalue weighted by Crippen LogP contribution is -2.47. The predicted octanol–water partition coefficient (Wildman–Crippen LogP) is 3.98. The zero-order valence-electron chi connectivity index (χ0n) is 28.0. The number of hydrogen-bond donors (Lipinski definition) is 0. The molecule has 2 aliphatic rings. The van der Waals surface area contributed by atoms with Gasteiger partial charge in [0.25, 0.3) is 0 Å². The number of carbonyl (C=O) groups is 1. The maximum Gasteiger partial charge on any atom is 0.317 e. The molecule has 1 saturated heterocycles. The van der Waals surface area contributed by atoms with E-state index in [1.807, 2.05) is 43.0 Å². The molecule has 0 radical (unpaired) electrons. The average Bonchev–Trinajstić information content (AvgIpc) is 3.83. The van der Waals surface area contributed by atoms with Crippen molar-refractivity contribution < 1.29 is 23.4 Å². The van der Waals surface area contributed by atoms with E-state index >= 15 is 0 Å². The van der Waals surface area contributed by atoms with Crippen LogP contribution >= 0.6 is 0 Å². The maximum atomic E-state index is 14.4. The van der Waals surface area contributed by atoms with Gasteiger partial charge in [-0.1, -0.05) is 12.1 Å². The van der Waals surface area contributed by atoms with E-state index in [-0.39, 0.29) is 18.0 Å². The third kappa shape index (κ3) is 5.43. The Hall–Kier alpha value is -5.70. The van der Waals surface area contributed by atoms with Crippen LogP contribution in [0.5, 0.6) is 11.8 Å². The lowest BCUT2D eigenvalue weighted by atomic mass is 10.1. The number of carbonyl (C=O) groups excluding carboxylic acids is 1. The minimum Gasteiger partial charge on any atom is -0.494 e. The summed E-state index contributed by atoms with van der Waals surface area (Å²) in [5, 5.41) is 5.18. The van der Waals surface area contributed by atoms with Crippen LogP contribution in [0.4, 0.5) is 10.2 Å². The number of amides is 1. The van der Waals surface area contributed by atoms with Crippen molar-refractivity contribution in [3.8, 4) is 28.7 Å². The molecule has 3 atom stereocenters. The van der Waals surface area contributed by atoms with Gasteiger partial charge in [0, 0.05) is 44.4 Å². The lowest BCUT2D eigenvalue weighted by Gasteiger charge is -2.31. The van der Waals surface area contributed by atoms with Crippen LogP contribution in [0.2, 0.25) is 0 Å². The number of likely N-dealkylation sites (N-methyl/N-ethyl adjacent to an activating group) is 1. The van der Waals surface area contributed by atoms with Crippen molar-refractivity contribution in [3.05, 3.63) is 72.8 Å². The lowest BCUT2D eigenvalue weighted by molar-refractivity contribution is -0.133. The van der Waals surface area contributed by atoms with Crippen LogP contribution < -0.4 is 14.4 Å². The summed E-state index contributed by atoms with van der Waals surface area (Å²) in [6.07, 6.45) is 4.35. The second-order valence-electron chi connectivity index (χ2n) is 12.4. The highest BCUT2D eigenvalue weighted by molar-refractivity contribution is 5.93. The van der Waals surface area contributed by atoms with Gasteiger partial charge in [-0.2, -0.15) is 10.1 Å². The van der Waals surface area contributed by atoms with E-state index in [2.05, 4.69) is 24.6 Å². The first-order valence-corrected chi connectivity index (χ1v) is 16.4. The molecule has 14 nitrogen and oxygen atoms in total. The van der Waals surface area contributed by atoms with E-state index in [1.165, 1.54) is 25.6 Å². The Bertz CT molecular complexity index is 2240. The van der Waals surface area contributed by atoms with Crippen LogP contribution in [0.25, 0.3) is 39.0 Å². The molecule has 0 aliphatic carbocycles. The molecule has 256 valence electrons. The molecular formula is C35H35FN10O4. The number of fused-ring (bicyclic) bond motifs is 6. The molecule has 0 saturated carbocycles. The molecule has 0 spiro atoms. The number of rotatable bonds is 5. The summed E-state index contributed by atoms with van der Waals surface area (Å²) in [5.41, 5.74) is 4.36. The van der Waals surface area contributed by atoms with Gasteiger partial charge in [0.15, 0.2) is 5.65 Å². The Kier molecular flexibility index (Phi) is 7.98. The SMILES string of the molecule is CCO[C@@H]1CN(C)C(=O)[C@@H]2C[C@@H](CN2c2ncnc3c2cnn3-c2ccc(F)cc2OC)Oc2nccc(n2)-c2cccc3nc(C)n(c23)C1. The van der Waals surface area contributed by atoms with E-state index in [1.54, 1.807) is 35.1 Å². The van der Waals surface area contributed by atoms with E-state index < -0.39 is 18.0 Å². The maximum absolute atomic E-state index is 14.4. The molecule has 8 rings (SSSR count). The standard InChI is InChI=1S/C35H35FN10O4/c1-5-49-23-16-43(3)34(47)29-14-22(50-35-37-12-11-26(42-35)24-7-6-8-27-31(24)44(18-23)20(2)41-27)17-45(29)32-25-15-40-46(33(25)39-19-38-32)28-10-9-21(36)13-30(28)48-4/h6-13,15,19,22-23,29H,5,14,16-18H2,1-4H3/t22-,23+,29-/m0/s1. The first-order valence-electron chi connectivity index (χ1n) is 16.4. The Labute approximate surface area is 286 Å². The van der Waals surface area contributed by atoms with E-state index in [4.69, 9.17) is 24.2 Å². The summed E-state index contributed by atoms with van der Waals surface area (Å²) < 4.78 is 35.9. The molecule has 6 aromatic rings. The quantitative estimate of drug-likeness (QED) is 0.262. The van der Waals surface area contributed by atoms with Crippen LogP contribution in [-0.2, 0) is 16.1 Å². The van der Waals surface area contributed by atoms with Crippen molar-refractivity contribution in [3.63, 3.8) is 0 Å². The zero-order valence-corrected chi connectivity index (χ0v) is 28.0. The third-order valence-electron chi connectivity index (χ3n) is 9.32. The molecule has 1 fully saturated rings. The molecule has 4 bridgehead atoms. The van der Waals surface area contributed by atoms with Crippen LogP contribution in [0.15, 0.2) is 61.2 Å². The van der Waals surface area contributed by atoms with Crippen molar-refractivity contribution in [1.29, 1.82) is 0 Å². The van der Waals surface area contributed by atoms with Gasteiger partial charge >= 0.3 is 6.01 Å². The number of nitrogens with zero attached hydrogens (tertiary/aromatic N) is 10. The second-order valence-corrected chi connectivity index (χ2v) is 12.4. The number of methoxy groups -OCH3 is 1. The van der Waals surface area contributed by atoms with Crippen molar-refractivity contribution in [2.75, 3.05) is 38.8 Å². The van der Waals surface area contributed by atoms with Crippen LogP contribution in [-0.4, -0.2) is 102 Å². The molecule has 0 unspecified atom stereocenters. The monoisotopic (exact) mass is 678 g/mol. The number of ether oxygens (including phenoxy) is 3. The van der Waals surface area contributed by atoms with E-state index in [0.29, 0.717) is 66.6 Å². The van der Waals surface area contributed by atoms with Crippen molar-refractivity contribution in [2.24, 2.45) is 0 Å². The number of anilines is 1. The number of hydrogen-bond acceptors (Lipinski definition) is 11. The molecule has 0 N–H and O–H groups in total. The molecular weight excluding hydrogens is 643 g/mol. The van der Waals surface area contributed by atoms with Gasteiger partial charge < -0.3 is 28.6 Å². The molecule has 4 aromatic heterocycles.